The average molecular weight is 246 g/mol. The lowest BCUT2D eigenvalue weighted by atomic mass is 10.4. The predicted octanol–water partition coefficient (Wildman–Crippen LogP) is -0.304. The molecule has 0 aliphatic heterocycles. The highest BCUT2D eigenvalue weighted by Crippen LogP contribution is 2.12. The van der Waals surface area contributed by atoms with Crippen molar-refractivity contribution >= 4 is 10.0 Å². The molecule has 0 fully saturated rings. The molecule has 1 rings (SSSR count). The maximum atomic E-state index is 12.0. The van der Waals surface area contributed by atoms with Gasteiger partial charge in [0.05, 0.1) is 0 Å². The Bertz CT molecular complexity index is 444. The van der Waals surface area contributed by atoms with Crippen molar-refractivity contribution in [3.63, 3.8) is 0 Å². The zero-order chi connectivity index (χ0) is 12.5. The molecule has 1 unspecified atom stereocenters. The van der Waals surface area contributed by atoms with Crippen molar-refractivity contribution in [2.75, 3.05) is 13.6 Å². The Hall–Kier alpha value is -0.920. The summed E-state index contributed by atoms with van der Waals surface area (Å²) < 4.78 is 27.0. The van der Waals surface area contributed by atoms with Gasteiger partial charge in [-0.2, -0.15) is 4.31 Å². The SMILES string of the molecule is Cc1nc(S(=O)(=O)N(C)CC(C)N)cn1C. The van der Waals surface area contributed by atoms with E-state index < -0.39 is 10.0 Å². The van der Waals surface area contributed by atoms with Crippen LogP contribution in [0.25, 0.3) is 0 Å². The van der Waals surface area contributed by atoms with E-state index in [2.05, 4.69) is 4.98 Å². The number of imidazole rings is 1. The molecule has 0 aromatic carbocycles. The van der Waals surface area contributed by atoms with Crippen molar-refractivity contribution in [1.82, 2.24) is 13.9 Å². The van der Waals surface area contributed by atoms with E-state index in [1.54, 1.807) is 25.5 Å². The third kappa shape index (κ3) is 2.60. The Labute approximate surface area is 96.1 Å². The highest BCUT2D eigenvalue weighted by Gasteiger charge is 2.24. The molecule has 0 spiro atoms. The van der Waals surface area contributed by atoms with E-state index in [0.29, 0.717) is 5.82 Å². The highest BCUT2D eigenvalue weighted by atomic mass is 32.2. The third-order valence-corrected chi connectivity index (χ3v) is 4.00. The van der Waals surface area contributed by atoms with E-state index in [9.17, 15) is 8.42 Å². The minimum absolute atomic E-state index is 0.0654. The van der Waals surface area contributed by atoms with Gasteiger partial charge in [-0.1, -0.05) is 0 Å². The van der Waals surface area contributed by atoms with E-state index in [1.165, 1.54) is 17.5 Å². The standard InChI is InChI=1S/C9H18N4O2S/c1-7(10)5-13(4)16(14,15)9-6-12(3)8(2)11-9/h6-7H,5,10H2,1-4H3. The van der Waals surface area contributed by atoms with Crippen molar-refractivity contribution in [3.05, 3.63) is 12.0 Å². The molecular weight excluding hydrogens is 228 g/mol. The lowest BCUT2D eigenvalue weighted by Crippen LogP contribution is -2.37. The van der Waals surface area contributed by atoms with Gasteiger partial charge < -0.3 is 10.3 Å². The molecule has 0 saturated carbocycles. The monoisotopic (exact) mass is 246 g/mol. The molecule has 0 bridgehead atoms. The van der Waals surface area contributed by atoms with Crippen LogP contribution in [0.4, 0.5) is 0 Å². The van der Waals surface area contributed by atoms with Crippen molar-refractivity contribution in [3.8, 4) is 0 Å². The second kappa shape index (κ2) is 4.52. The highest BCUT2D eigenvalue weighted by molar-refractivity contribution is 7.89. The lowest BCUT2D eigenvalue weighted by molar-refractivity contribution is 0.443. The van der Waals surface area contributed by atoms with E-state index in [-0.39, 0.29) is 17.6 Å². The molecular formula is C9H18N4O2S. The second-order valence-corrected chi connectivity index (χ2v) is 5.99. The van der Waals surface area contributed by atoms with Crippen molar-refractivity contribution in [2.45, 2.75) is 24.9 Å². The fourth-order valence-electron chi connectivity index (χ4n) is 1.31. The number of aryl methyl sites for hydroxylation is 2. The normalized spacial score (nSPS) is 14.4. The van der Waals surface area contributed by atoms with E-state index in [1.807, 2.05) is 0 Å². The zero-order valence-electron chi connectivity index (χ0n) is 10.0. The van der Waals surface area contributed by atoms with Gasteiger partial charge >= 0.3 is 0 Å². The molecule has 7 heteroatoms. The number of sulfonamides is 1. The molecule has 0 aliphatic carbocycles. The molecule has 1 atom stereocenters. The topological polar surface area (TPSA) is 81.2 Å². The summed E-state index contributed by atoms with van der Waals surface area (Å²) in [4.78, 5) is 4.00. The fraction of sp³-hybridized carbons (Fsp3) is 0.667. The van der Waals surface area contributed by atoms with Gasteiger partial charge in [0.1, 0.15) is 5.82 Å². The van der Waals surface area contributed by atoms with Gasteiger partial charge in [-0.3, -0.25) is 0 Å². The van der Waals surface area contributed by atoms with Crippen LogP contribution in [0.5, 0.6) is 0 Å². The molecule has 1 aromatic rings. The number of nitrogens with zero attached hydrogens (tertiary/aromatic N) is 3. The number of aromatic nitrogens is 2. The summed E-state index contributed by atoms with van der Waals surface area (Å²) in [6.07, 6.45) is 1.50. The molecule has 92 valence electrons. The summed E-state index contributed by atoms with van der Waals surface area (Å²) in [6.45, 7) is 3.79. The first-order valence-corrected chi connectivity index (χ1v) is 6.41. The number of rotatable bonds is 4. The van der Waals surface area contributed by atoms with Crippen LogP contribution in [-0.2, 0) is 17.1 Å². The smallest absolute Gasteiger partial charge is 0.261 e. The summed E-state index contributed by atoms with van der Waals surface area (Å²) in [7, 11) is -0.255. The maximum Gasteiger partial charge on any atom is 0.261 e. The zero-order valence-corrected chi connectivity index (χ0v) is 10.8. The van der Waals surface area contributed by atoms with E-state index in [4.69, 9.17) is 5.73 Å². The van der Waals surface area contributed by atoms with Crippen molar-refractivity contribution in [1.29, 1.82) is 0 Å². The van der Waals surface area contributed by atoms with Crippen LogP contribution in [0.15, 0.2) is 11.2 Å². The number of hydrogen-bond acceptors (Lipinski definition) is 4. The van der Waals surface area contributed by atoms with Crippen LogP contribution < -0.4 is 5.73 Å². The second-order valence-electron chi connectivity index (χ2n) is 4.00. The van der Waals surface area contributed by atoms with E-state index in [0.717, 1.165) is 0 Å². The Morgan fingerprint density at radius 3 is 2.56 bits per heavy atom. The third-order valence-electron chi connectivity index (χ3n) is 2.31. The minimum atomic E-state index is -3.51. The molecule has 0 aliphatic rings. The van der Waals surface area contributed by atoms with Gasteiger partial charge in [-0.05, 0) is 13.8 Å². The van der Waals surface area contributed by atoms with Crippen molar-refractivity contribution in [2.24, 2.45) is 12.8 Å². The van der Waals surface area contributed by atoms with Crippen LogP contribution in [0, 0.1) is 6.92 Å². The summed E-state index contributed by atoms with van der Waals surface area (Å²) in [6, 6.07) is -0.204. The fourth-order valence-corrected chi connectivity index (χ4v) is 2.60. The first kappa shape index (κ1) is 13.1. The van der Waals surface area contributed by atoms with Gasteiger partial charge in [0, 0.05) is 32.9 Å². The summed E-state index contributed by atoms with van der Waals surface area (Å²) >= 11 is 0. The first-order valence-electron chi connectivity index (χ1n) is 4.97. The van der Waals surface area contributed by atoms with Gasteiger partial charge in [0.15, 0.2) is 5.03 Å². The largest absolute Gasteiger partial charge is 0.337 e. The average Bonchev–Trinajstić information content (AvgIpc) is 2.46. The van der Waals surface area contributed by atoms with Crippen LogP contribution >= 0.6 is 0 Å². The first-order chi connectivity index (χ1) is 7.25. The van der Waals surface area contributed by atoms with Gasteiger partial charge in [0.2, 0.25) is 0 Å². The summed E-state index contributed by atoms with van der Waals surface area (Å²) in [5.41, 5.74) is 5.57. The minimum Gasteiger partial charge on any atom is -0.337 e. The molecule has 1 aromatic heterocycles. The van der Waals surface area contributed by atoms with E-state index >= 15 is 0 Å². The van der Waals surface area contributed by atoms with Gasteiger partial charge in [0.25, 0.3) is 10.0 Å². The van der Waals surface area contributed by atoms with Crippen LogP contribution in [0.3, 0.4) is 0 Å². The number of hydrogen-bond donors (Lipinski definition) is 1. The Balaban J connectivity index is 3.02. The molecule has 16 heavy (non-hydrogen) atoms. The van der Waals surface area contributed by atoms with Crippen LogP contribution in [-0.4, -0.2) is 41.9 Å². The molecule has 6 nitrogen and oxygen atoms in total. The van der Waals surface area contributed by atoms with Gasteiger partial charge in [-0.25, -0.2) is 13.4 Å². The molecule has 2 N–H and O–H groups in total. The predicted molar refractivity (Wildman–Crippen MR) is 61.4 cm³/mol. The quantitative estimate of drug-likeness (QED) is 0.790. The molecule has 0 saturated heterocycles. The lowest BCUT2D eigenvalue weighted by Gasteiger charge is -2.17. The van der Waals surface area contributed by atoms with Crippen LogP contribution in [0.1, 0.15) is 12.7 Å². The Morgan fingerprint density at radius 2 is 2.19 bits per heavy atom. The molecule has 0 radical (unpaired) electrons. The van der Waals surface area contributed by atoms with Gasteiger partial charge in [-0.15, -0.1) is 0 Å². The van der Waals surface area contributed by atoms with Crippen LogP contribution in [0.2, 0.25) is 0 Å². The number of likely N-dealkylation sites (N-methyl/N-ethyl adjacent to an activating group) is 1. The number of nitrogens with two attached hydrogens (primary N) is 1. The summed E-state index contributed by atoms with van der Waals surface area (Å²) in [5.74, 6) is 0.660. The Morgan fingerprint density at radius 1 is 1.62 bits per heavy atom. The Kier molecular flexibility index (Phi) is 3.72. The maximum absolute atomic E-state index is 12.0. The van der Waals surface area contributed by atoms with Crippen molar-refractivity contribution < 1.29 is 8.42 Å². The molecule has 1 heterocycles. The molecule has 0 amide bonds. The summed E-state index contributed by atoms with van der Waals surface area (Å²) in [5, 5.41) is 0.0654.